The summed E-state index contributed by atoms with van der Waals surface area (Å²) in [6.07, 6.45) is 10.2. The number of hydrogen-bond acceptors (Lipinski definition) is 4. The number of carboxylic acids is 1. The number of aliphatic hydroxyl groups excluding tert-OH is 2. The maximum atomic E-state index is 10.6. The molecular formula is C23H38O5. The molecule has 6 atom stereocenters. The molecule has 0 aromatic carbocycles. The summed E-state index contributed by atoms with van der Waals surface area (Å²) in [6.45, 7) is 8.56. The van der Waals surface area contributed by atoms with E-state index >= 15 is 0 Å². The number of unbranched alkanes of at least 4 members (excludes halogenated alkanes) is 1. The number of ether oxygens (including phenoxy) is 1. The molecule has 1 saturated carbocycles. The zero-order chi connectivity index (χ0) is 20.9. The second-order valence-corrected chi connectivity index (χ2v) is 9.39. The highest BCUT2D eigenvalue weighted by molar-refractivity contribution is 5.67. The van der Waals surface area contributed by atoms with Gasteiger partial charge >= 0.3 is 5.97 Å². The Morgan fingerprint density at radius 3 is 2.79 bits per heavy atom. The van der Waals surface area contributed by atoms with Gasteiger partial charge in [0.05, 0.1) is 18.8 Å². The first-order valence-electron chi connectivity index (χ1n) is 10.7. The van der Waals surface area contributed by atoms with Crippen molar-refractivity contribution in [2.75, 3.05) is 13.2 Å². The third kappa shape index (κ3) is 5.91. The predicted octanol–water partition coefficient (Wildman–Crippen LogP) is 3.80. The first-order valence-corrected chi connectivity index (χ1v) is 10.7. The normalized spacial score (nSPS) is 29.7. The summed E-state index contributed by atoms with van der Waals surface area (Å²) < 4.78 is 5.25. The van der Waals surface area contributed by atoms with Crippen molar-refractivity contribution in [3.63, 3.8) is 0 Å². The van der Waals surface area contributed by atoms with Crippen LogP contribution in [0.15, 0.2) is 23.8 Å². The van der Waals surface area contributed by atoms with E-state index in [0.29, 0.717) is 18.4 Å². The Hall–Kier alpha value is -1.17. The lowest BCUT2D eigenvalue weighted by Crippen LogP contribution is -2.28. The van der Waals surface area contributed by atoms with Gasteiger partial charge in [-0.3, -0.25) is 0 Å². The first-order chi connectivity index (χ1) is 13.2. The highest BCUT2D eigenvalue weighted by Crippen LogP contribution is 2.49. The van der Waals surface area contributed by atoms with E-state index in [-0.39, 0.29) is 30.0 Å². The molecule has 0 spiro atoms. The molecule has 2 aliphatic rings. The largest absolute Gasteiger partial charge is 0.480 e. The average Bonchev–Trinajstić information content (AvgIpc) is 3.14. The highest BCUT2D eigenvalue weighted by atomic mass is 16.5. The van der Waals surface area contributed by atoms with Gasteiger partial charge in [-0.15, -0.1) is 0 Å². The minimum absolute atomic E-state index is 0.0579. The standard InChI is InChI=1S/C23H38O5/c1-5-6-9-23(3,4)21(25)8-7-18-19-11-16(10-17(19)12-20(18)24)15(2)13-28-14-22(26)27/h7-8,10,15,17-21,24-25H,5-6,9,11-14H2,1-4H3,(H,26,27)/b8-7+/t15?,17?,18-,19?,20-,21?/m1/s1. The second kappa shape index (κ2) is 10.0. The van der Waals surface area contributed by atoms with Crippen molar-refractivity contribution in [2.45, 2.75) is 72.0 Å². The number of hydrogen-bond donors (Lipinski definition) is 3. The van der Waals surface area contributed by atoms with Crippen LogP contribution < -0.4 is 0 Å². The molecule has 160 valence electrons. The van der Waals surface area contributed by atoms with Crippen LogP contribution in [0.5, 0.6) is 0 Å². The third-order valence-corrected chi connectivity index (χ3v) is 6.62. The van der Waals surface area contributed by atoms with E-state index in [4.69, 9.17) is 9.84 Å². The molecule has 5 heteroatoms. The van der Waals surface area contributed by atoms with Crippen LogP contribution in [0, 0.1) is 29.1 Å². The fourth-order valence-corrected chi connectivity index (χ4v) is 4.62. The van der Waals surface area contributed by atoms with E-state index in [1.165, 1.54) is 5.57 Å². The monoisotopic (exact) mass is 394 g/mol. The summed E-state index contributed by atoms with van der Waals surface area (Å²) in [6, 6.07) is 0. The molecule has 2 aliphatic carbocycles. The molecule has 0 bridgehead atoms. The van der Waals surface area contributed by atoms with Gasteiger partial charge in [-0.2, -0.15) is 0 Å². The number of carbonyl (C=O) groups is 1. The molecule has 0 amide bonds. The van der Waals surface area contributed by atoms with Crippen LogP contribution in [0.4, 0.5) is 0 Å². The zero-order valence-corrected chi connectivity index (χ0v) is 17.8. The number of rotatable bonds is 11. The molecule has 0 saturated heterocycles. The summed E-state index contributed by atoms with van der Waals surface area (Å²) >= 11 is 0. The Kier molecular flexibility index (Phi) is 8.29. The fraction of sp³-hybridized carbons (Fsp3) is 0.783. The van der Waals surface area contributed by atoms with E-state index in [2.05, 4.69) is 33.8 Å². The average molecular weight is 395 g/mol. The summed E-state index contributed by atoms with van der Waals surface area (Å²) in [4.78, 5) is 10.6. The predicted molar refractivity (Wildman–Crippen MR) is 110 cm³/mol. The third-order valence-electron chi connectivity index (χ3n) is 6.62. The Morgan fingerprint density at radius 2 is 2.14 bits per heavy atom. The van der Waals surface area contributed by atoms with Crippen LogP contribution in [0.1, 0.15) is 59.8 Å². The summed E-state index contributed by atoms with van der Waals surface area (Å²) in [7, 11) is 0. The van der Waals surface area contributed by atoms with Crippen molar-refractivity contribution < 1.29 is 24.9 Å². The van der Waals surface area contributed by atoms with E-state index in [0.717, 1.165) is 32.1 Å². The molecule has 5 nitrogen and oxygen atoms in total. The molecule has 4 unspecified atom stereocenters. The number of aliphatic carboxylic acids is 1. The van der Waals surface area contributed by atoms with Gasteiger partial charge in [-0.25, -0.2) is 4.79 Å². The topological polar surface area (TPSA) is 87.0 Å². The van der Waals surface area contributed by atoms with Crippen LogP contribution >= 0.6 is 0 Å². The number of fused-ring (bicyclic) bond motifs is 1. The number of allylic oxidation sites excluding steroid dienone is 1. The molecule has 3 N–H and O–H groups in total. The molecule has 0 aromatic heterocycles. The Labute approximate surface area is 169 Å². The van der Waals surface area contributed by atoms with Crippen LogP contribution in [0.3, 0.4) is 0 Å². The minimum atomic E-state index is -0.946. The van der Waals surface area contributed by atoms with Gasteiger partial charge in [0.1, 0.15) is 6.61 Å². The number of carboxylic acid groups (broad SMARTS) is 1. The van der Waals surface area contributed by atoms with Crippen LogP contribution in [-0.4, -0.2) is 46.7 Å². The summed E-state index contributed by atoms with van der Waals surface area (Å²) in [5.41, 5.74) is 1.14. The molecule has 2 rings (SSSR count). The van der Waals surface area contributed by atoms with E-state index in [1.54, 1.807) is 0 Å². The van der Waals surface area contributed by atoms with E-state index in [1.807, 2.05) is 12.2 Å². The van der Waals surface area contributed by atoms with Gasteiger partial charge in [0.15, 0.2) is 0 Å². The van der Waals surface area contributed by atoms with Crippen molar-refractivity contribution in [2.24, 2.45) is 29.1 Å². The molecule has 0 radical (unpaired) electrons. The quantitative estimate of drug-likeness (QED) is 0.464. The van der Waals surface area contributed by atoms with Gasteiger partial charge in [0.2, 0.25) is 0 Å². The van der Waals surface area contributed by atoms with Crippen LogP contribution in [0.25, 0.3) is 0 Å². The van der Waals surface area contributed by atoms with Crippen molar-refractivity contribution in [3.05, 3.63) is 23.8 Å². The van der Waals surface area contributed by atoms with Gasteiger partial charge in [0, 0.05) is 11.8 Å². The summed E-state index contributed by atoms with van der Waals surface area (Å²) in [5, 5.41) is 29.9. The zero-order valence-electron chi connectivity index (χ0n) is 17.8. The van der Waals surface area contributed by atoms with Gasteiger partial charge in [-0.1, -0.05) is 64.3 Å². The molecule has 28 heavy (non-hydrogen) atoms. The maximum absolute atomic E-state index is 10.6. The van der Waals surface area contributed by atoms with Gasteiger partial charge < -0.3 is 20.1 Å². The Bertz CT molecular complexity index is 580. The van der Waals surface area contributed by atoms with Crippen LogP contribution in [-0.2, 0) is 9.53 Å². The van der Waals surface area contributed by atoms with Crippen molar-refractivity contribution in [1.29, 1.82) is 0 Å². The number of aliphatic hydroxyl groups is 2. The lowest BCUT2D eigenvalue weighted by Gasteiger charge is -2.29. The molecular weight excluding hydrogens is 356 g/mol. The van der Waals surface area contributed by atoms with Crippen LogP contribution in [0.2, 0.25) is 0 Å². The second-order valence-electron chi connectivity index (χ2n) is 9.39. The summed E-state index contributed by atoms with van der Waals surface area (Å²) in [5.74, 6) is 0.00645. The fourth-order valence-electron chi connectivity index (χ4n) is 4.62. The molecule has 1 fully saturated rings. The molecule has 0 aliphatic heterocycles. The van der Waals surface area contributed by atoms with E-state index < -0.39 is 12.1 Å². The Morgan fingerprint density at radius 1 is 1.43 bits per heavy atom. The Balaban J connectivity index is 1.94. The minimum Gasteiger partial charge on any atom is -0.480 e. The highest BCUT2D eigenvalue weighted by Gasteiger charge is 2.44. The first kappa shape index (κ1) is 23.1. The molecule has 0 heterocycles. The van der Waals surface area contributed by atoms with Gasteiger partial charge in [0.25, 0.3) is 0 Å². The lowest BCUT2D eigenvalue weighted by atomic mass is 9.80. The SMILES string of the molecule is CCCCC(C)(C)C(O)/C=C/[C@@H]1C2CC(C(C)COCC(=O)O)=CC2C[C@H]1O. The van der Waals surface area contributed by atoms with Crippen molar-refractivity contribution in [3.8, 4) is 0 Å². The lowest BCUT2D eigenvalue weighted by molar-refractivity contribution is -0.142. The van der Waals surface area contributed by atoms with E-state index in [9.17, 15) is 15.0 Å². The smallest absolute Gasteiger partial charge is 0.329 e. The van der Waals surface area contributed by atoms with Gasteiger partial charge in [-0.05, 0) is 36.5 Å². The molecule has 0 aromatic rings. The van der Waals surface area contributed by atoms with Crippen molar-refractivity contribution >= 4 is 5.97 Å². The van der Waals surface area contributed by atoms with Crippen molar-refractivity contribution in [1.82, 2.24) is 0 Å². The maximum Gasteiger partial charge on any atom is 0.329 e.